The van der Waals surface area contributed by atoms with Crippen molar-refractivity contribution in [3.8, 4) is 34.3 Å². The number of imidazole rings is 1. The quantitative estimate of drug-likeness (QED) is 0.303. The monoisotopic (exact) mass is 562 g/mol. The van der Waals surface area contributed by atoms with Crippen molar-refractivity contribution in [3.05, 3.63) is 60.2 Å². The molecule has 2 aromatic carbocycles. The minimum atomic E-state index is -0.00317. The number of hydrogen-bond acceptors (Lipinski definition) is 6. The molecule has 0 spiro atoms. The molecule has 2 aliphatic carbocycles. The first kappa shape index (κ1) is 25.3. The van der Waals surface area contributed by atoms with Crippen LogP contribution in [-0.4, -0.2) is 60.8 Å². The maximum absolute atomic E-state index is 13.7. The van der Waals surface area contributed by atoms with Gasteiger partial charge in [0.05, 0.1) is 24.0 Å². The highest BCUT2D eigenvalue weighted by Crippen LogP contribution is 2.40. The van der Waals surface area contributed by atoms with Crippen LogP contribution in [0.5, 0.6) is 11.5 Å². The first-order valence-corrected chi connectivity index (χ1v) is 14.8. The van der Waals surface area contributed by atoms with Crippen LogP contribution in [0.3, 0.4) is 0 Å². The van der Waals surface area contributed by atoms with Gasteiger partial charge in [-0.3, -0.25) is 4.79 Å². The fourth-order valence-electron chi connectivity index (χ4n) is 7.15. The molecule has 3 fully saturated rings. The number of hydrogen-bond donors (Lipinski definition) is 2. The molecule has 9 nitrogen and oxygen atoms in total. The number of nitrogens with two attached hydrogens (primary N) is 1. The van der Waals surface area contributed by atoms with Crippen molar-refractivity contribution in [1.82, 2.24) is 24.0 Å². The molecule has 3 aromatic heterocycles. The first-order chi connectivity index (χ1) is 20.4. The maximum atomic E-state index is 13.7. The van der Waals surface area contributed by atoms with Crippen molar-refractivity contribution >= 4 is 28.0 Å². The second-order valence-electron chi connectivity index (χ2n) is 12.2. The number of fused-ring (bicyclic) bond motifs is 4. The third kappa shape index (κ3) is 3.90. The van der Waals surface area contributed by atoms with Gasteiger partial charge in [-0.25, -0.2) is 9.97 Å². The van der Waals surface area contributed by atoms with E-state index in [1.807, 2.05) is 42.3 Å². The second kappa shape index (κ2) is 9.32. The zero-order chi connectivity index (χ0) is 28.7. The van der Waals surface area contributed by atoms with Crippen LogP contribution in [0, 0.1) is 11.8 Å². The summed E-state index contributed by atoms with van der Waals surface area (Å²) in [6, 6.07) is 17.3. The number of pyridine rings is 1. The largest absolute Gasteiger partial charge is 0.508 e. The van der Waals surface area contributed by atoms with Gasteiger partial charge in [0.1, 0.15) is 22.7 Å². The summed E-state index contributed by atoms with van der Waals surface area (Å²) in [6.07, 6.45) is 4.47. The van der Waals surface area contributed by atoms with E-state index in [0.717, 1.165) is 70.8 Å². The number of benzene rings is 2. The van der Waals surface area contributed by atoms with Gasteiger partial charge in [-0.2, -0.15) is 0 Å². The van der Waals surface area contributed by atoms with Crippen LogP contribution in [0.25, 0.3) is 44.8 Å². The van der Waals surface area contributed by atoms with Gasteiger partial charge in [0.25, 0.3) is 5.91 Å². The zero-order valence-corrected chi connectivity index (χ0v) is 23.8. The van der Waals surface area contributed by atoms with E-state index in [9.17, 15) is 9.90 Å². The van der Waals surface area contributed by atoms with E-state index in [-0.39, 0.29) is 23.7 Å². The molecule has 4 heterocycles. The van der Waals surface area contributed by atoms with E-state index < -0.39 is 0 Å². The number of aromatic hydroxyl groups is 1. The lowest BCUT2D eigenvalue weighted by Gasteiger charge is -2.27. The highest BCUT2D eigenvalue weighted by molar-refractivity contribution is 6.00. The molecule has 3 N–H and O–H groups in total. The lowest BCUT2D eigenvalue weighted by molar-refractivity contribution is 0.0700. The summed E-state index contributed by atoms with van der Waals surface area (Å²) in [5.41, 5.74) is 12.1. The molecule has 9 heteroatoms. The van der Waals surface area contributed by atoms with Crippen molar-refractivity contribution in [2.45, 2.75) is 44.3 Å². The summed E-state index contributed by atoms with van der Waals surface area (Å²) in [6.45, 7) is 1.58. The van der Waals surface area contributed by atoms with Crippen molar-refractivity contribution in [1.29, 1.82) is 0 Å². The van der Waals surface area contributed by atoms with Crippen LogP contribution in [0.1, 0.15) is 36.0 Å². The first-order valence-electron chi connectivity index (χ1n) is 14.8. The zero-order valence-electron chi connectivity index (χ0n) is 23.8. The Morgan fingerprint density at radius 2 is 1.93 bits per heavy atom. The lowest BCUT2D eigenvalue weighted by Crippen LogP contribution is -2.41. The molecule has 3 aliphatic rings. The summed E-state index contributed by atoms with van der Waals surface area (Å²) >= 11 is 0. The van der Waals surface area contributed by atoms with Crippen LogP contribution in [-0.2, 0) is 13.6 Å². The number of carbonyl (C=O) groups excluding carboxylic acids is 1. The third-order valence-corrected chi connectivity index (χ3v) is 9.57. The highest BCUT2D eigenvalue weighted by Gasteiger charge is 2.47. The molecule has 8 rings (SSSR count). The van der Waals surface area contributed by atoms with Crippen molar-refractivity contribution < 1.29 is 14.6 Å². The summed E-state index contributed by atoms with van der Waals surface area (Å²) in [7, 11) is 3.64. The number of piperidine rings is 1. The molecule has 3 unspecified atom stereocenters. The number of phenolic OH excluding ortho intramolecular Hbond substituents is 1. The molecule has 1 saturated heterocycles. The van der Waals surface area contributed by atoms with E-state index in [0.29, 0.717) is 23.1 Å². The molecule has 3 atom stereocenters. The van der Waals surface area contributed by atoms with E-state index >= 15 is 0 Å². The average Bonchev–Trinajstić information content (AvgIpc) is 3.40. The number of amides is 1. The number of likely N-dealkylation sites (tertiary alicyclic amines) is 1. The van der Waals surface area contributed by atoms with Gasteiger partial charge in [0.15, 0.2) is 5.82 Å². The fraction of sp³-hybridized carbons (Fsp3) is 0.364. The van der Waals surface area contributed by atoms with Crippen LogP contribution in [0.2, 0.25) is 0 Å². The van der Waals surface area contributed by atoms with Gasteiger partial charge < -0.3 is 29.6 Å². The van der Waals surface area contributed by atoms with Gasteiger partial charge in [-0.1, -0.05) is 12.1 Å². The minimum Gasteiger partial charge on any atom is -0.508 e. The molecule has 1 amide bonds. The van der Waals surface area contributed by atoms with Crippen molar-refractivity contribution in [2.75, 3.05) is 13.7 Å². The van der Waals surface area contributed by atoms with E-state index in [2.05, 4.69) is 21.3 Å². The van der Waals surface area contributed by atoms with E-state index in [4.69, 9.17) is 20.4 Å². The van der Waals surface area contributed by atoms with Crippen LogP contribution >= 0.6 is 0 Å². The summed E-state index contributed by atoms with van der Waals surface area (Å²) < 4.78 is 10.2. The number of rotatable bonds is 6. The number of methoxy groups -OCH3 is 1. The molecule has 0 radical (unpaired) electrons. The Labute approximate surface area is 243 Å². The lowest BCUT2D eigenvalue weighted by atomic mass is 10.1. The van der Waals surface area contributed by atoms with E-state index in [1.54, 1.807) is 19.2 Å². The topological polar surface area (TPSA) is 111 Å². The number of carbonyl (C=O) groups is 1. The Morgan fingerprint density at radius 3 is 2.64 bits per heavy atom. The second-order valence-corrected chi connectivity index (χ2v) is 12.2. The number of phenols is 1. The average molecular weight is 563 g/mol. The van der Waals surface area contributed by atoms with Crippen molar-refractivity contribution in [2.24, 2.45) is 24.6 Å². The number of ether oxygens (including phenoxy) is 1. The standard InChI is InChI=1S/C33H34N6O3/c1-37-30-25(13-22(15-28(30)42-2)33(41)39-17-21-9-11-26(39)29(21)34)36-32(37)27-14-20-8-10-24(19-4-3-5-23(40)12-19)35-31(20)38(27)16-18-6-7-18/h3-5,8,10,12-15,18,21,26,29,40H,6-7,9,11,16-17,34H2,1-2H3. The Morgan fingerprint density at radius 1 is 1.07 bits per heavy atom. The molecule has 5 aromatic rings. The van der Waals surface area contributed by atoms with Gasteiger partial charge >= 0.3 is 0 Å². The number of nitrogens with zero attached hydrogens (tertiary/aromatic N) is 5. The highest BCUT2D eigenvalue weighted by atomic mass is 16.5. The maximum Gasteiger partial charge on any atom is 0.254 e. The third-order valence-electron chi connectivity index (χ3n) is 9.57. The molecular weight excluding hydrogens is 528 g/mol. The molecular formula is C33H34N6O3. The summed E-state index contributed by atoms with van der Waals surface area (Å²) in [5, 5.41) is 11.1. The number of aryl methyl sites for hydroxylation is 1. The SMILES string of the molecule is COc1cc(C(=O)N2CC3CCC2C3N)cc2nc(-c3cc4ccc(-c5cccc(O)c5)nc4n3CC3CC3)n(C)c12. The van der Waals surface area contributed by atoms with Crippen LogP contribution in [0.15, 0.2) is 54.6 Å². The van der Waals surface area contributed by atoms with Crippen LogP contribution < -0.4 is 10.5 Å². The minimum absolute atomic E-state index is 0.00317. The molecule has 2 bridgehead atoms. The Bertz CT molecular complexity index is 1890. The smallest absolute Gasteiger partial charge is 0.254 e. The van der Waals surface area contributed by atoms with Gasteiger partial charge in [-0.05, 0) is 80.0 Å². The Hall–Kier alpha value is -4.37. The molecule has 42 heavy (non-hydrogen) atoms. The number of aromatic nitrogens is 4. The van der Waals surface area contributed by atoms with Gasteiger partial charge in [0.2, 0.25) is 0 Å². The summed E-state index contributed by atoms with van der Waals surface area (Å²) in [5.74, 6) is 2.64. The molecule has 2 saturated carbocycles. The Balaban J connectivity index is 1.25. The fourth-order valence-corrected chi connectivity index (χ4v) is 7.15. The van der Waals surface area contributed by atoms with Crippen molar-refractivity contribution in [3.63, 3.8) is 0 Å². The van der Waals surface area contributed by atoms with Gasteiger partial charge in [-0.15, -0.1) is 0 Å². The van der Waals surface area contributed by atoms with Gasteiger partial charge in [0, 0.05) is 48.7 Å². The van der Waals surface area contributed by atoms with E-state index in [1.165, 1.54) is 12.8 Å². The Kier molecular flexibility index (Phi) is 5.63. The molecule has 214 valence electrons. The van der Waals surface area contributed by atoms with Crippen LogP contribution in [0.4, 0.5) is 0 Å². The molecule has 1 aliphatic heterocycles. The normalized spacial score (nSPS) is 21.6. The predicted octanol–water partition coefficient (Wildman–Crippen LogP) is 4.94. The summed E-state index contributed by atoms with van der Waals surface area (Å²) in [4.78, 5) is 25.8. The predicted molar refractivity (Wildman–Crippen MR) is 161 cm³/mol.